The van der Waals surface area contributed by atoms with Crippen LogP contribution in [0, 0.1) is 5.41 Å². The van der Waals surface area contributed by atoms with Gasteiger partial charge < -0.3 is 4.74 Å². The molecule has 4 heteroatoms. The van der Waals surface area contributed by atoms with E-state index in [-0.39, 0.29) is 5.41 Å². The SMILES string of the molecule is COc1cncc(CC(Br)C(C)(C)C)n1. The molecule has 1 aromatic rings. The molecule has 0 saturated heterocycles. The first-order valence-electron chi connectivity index (χ1n) is 4.92. The lowest BCUT2D eigenvalue weighted by molar-refractivity contribution is 0.383. The maximum absolute atomic E-state index is 5.03. The van der Waals surface area contributed by atoms with Crippen molar-refractivity contribution in [3.8, 4) is 5.88 Å². The molecular formula is C11H17BrN2O. The minimum Gasteiger partial charge on any atom is -0.480 e. The number of nitrogens with zero attached hydrogens (tertiary/aromatic N) is 2. The van der Waals surface area contributed by atoms with E-state index in [0.29, 0.717) is 10.7 Å². The maximum atomic E-state index is 5.03. The molecule has 1 heterocycles. The van der Waals surface area contributed by atoms with E-state index in [9.17, 15) is 0 Å². The van der Waals surface area contributed by atoms with E-state index in [4.69, 9.17) is 4.74 Å². The van der Waals surface area contributed by atoms with Gasteiger partial charge in [-0.05, 0) is 5.41 Å². The van der Waals surface area contributed by atoms with Crippen molar-refractivity contribution < 1.29 is 4.74 Å². The summed E-state index contributed by atoms with van der Waals surface area (Å²) < 4.78 is 5.03. The van der Waals surface area contributed by atoms with Gasteiger partial charge in [0.2, 0.25) is 5.88 Å². The largest absolute Gasteiger partial charge is 0.480 e. The lowest BCUT2D eigenvalue weighted by Crippen LogP contribution is -2.22. The van der Waals surface area contributed by atoms with Crippen LogP contribution in [0.3, 0.4) is 0 Å². The number of rotatable bonds is 3. The molecule has 1 unspecified atom stereocenters. The second kappa shape index (κ2) is 4.92. The molecule has 0 amide bonds. The third-order valence-corrected chi connectivity index (χ3v) is 3.90. The van der Waals surface area contributed by atoms with Gasteiger partial charge in [0.1, 0.15) is 0 Å². The van der Waals surface area contributed by atoms with E-state index in [1.807, 2.05) is 0 Å². The Labute approximate surface area is 99.4 Å². The summed E-state index contributed by atoms with van der Waals surface area (Å²) in [4.78, 5) is 8.79. The summed E-state index contributed by atoms with van der Waals surface area (Å²) in [5, 5.41) is 0. The van der Waals surface area contributed by atoms with Gasteiger partial charge in [0.15, 0.2) is 0 Å². The molecule has 1 aromatic heterocycles. The van der Waals surface area contributed by atoms with Gasteiger partial charge in [-0.15, -0.1) is 0 Å². The first-order valence-corrected chi connectivity index (χ1v) is 5.84. The average Bonchev–Trinajstić information content (AvgIpc) is 2.16. The number of hydrogen-bond donors (Lipinski definition) is 0. The van der Waals surface area contributed by atoms with E-state index in [2.05, 4.69) is 46.7 Å². The zero-order valence-electron chi connectivity index (χ0n) is 9.62. The molecule has 0 fully saturated rings. The quantitative estimate of drug-likeness (QED) is 0.794. The summed E-state index contributed by atoms with van der Waals surface area (Å²) in [6.45, 7) is 6.58. The lowest BCUT2D eigenvalue weighted by Gasteiger charge is -2.25. The van der Waals surface area contributed by atoms with E-state index >= 15 is 0 Å². The van der Waals surface area contributed by atoms with Crippen LogP contribution in [-0.4, -0.2) is 21.9 Å². The highest BCUT2D eigenvalue weighted by Gasteiger charge is 2.22. The van der Waals surface area contributed by atoms with Crippen molar-refractivity contribution in [2.45, 2.75) is 32.0 Å². The number of methoxy groups -OCH3 is 1. The van der Waals surface area contributed by atoms with Crippen molar-refractivity contribution >= 4 is 15.9 Å². The smallest absolute Gasteiger partial charge is 0.232 e. The Hall–Kier alpha value is -0.640. The molecule has 0 aliphatic heterocycles. The van der Waals surface area contributed by atoms with Crippen LogP contribution in [0.5, 0.6) is 5.88 Å². The molecule has 0 N–H and O–H groups in total. The molecule has 1 atom stereocenters. The highest BCUT2D eigenvalue weighted by Crippen LogP contribution is 2.28. The molecular weight excluding hydrogens is 256 g/mol. The van der Waals surface area contributed by atoms with Gasteiger partial charge in [0, 0.05) is 17.4 Å². The summed E-state index contributed by atoms with van der Waals surface area (Å²) in [5.74, 6) is 0.570. The first-order chi connectivity index (χ1) is 6.93. The fraction of sp³-hybridized carbons (Fsp3) is 0.636. The number of halogens is 1. The fourth-order valence-electron chi connectivity index (χ4n) is 1.07. The van der Waals surface area contributed by atoms with Crippen LogP contribution >= 0.6 is 15.9 Å². The Balaban J connectivity index is 2.72. The molecule has 0 bridgehead atoms. The second-order valence-electron chi connectivity index (χ2n) is 4.59. The molecule has 3 nitrogen and oxygen atoms in total. The van der Waals surface area contributed by atoms with Crippen molar-refractivity contribution in [3.05, 3.63) is 18.1 Å². The molecule has 1 rings (SSSR count). The molecule has 0 aromatic carbocycles. The van der Waals surface area contributed by atoms with Crippen LogP contribution in [0.2, 0.25) is 0 Å². The Morgan fingerprint density at radius 1 is 1.40 bits per heavy atom. The molecule has 0 spiro atoms. The summed E-state index contributed by atoms with van der Waals surface area (Å²) in [7, 11) is 1.60. The number of aromatic nitrogens is 2. The first kappa shape index (κ1) is 12.4. The highest BCUT2D eigenvalue weighted by atomic mass is 79.9. The Morgan fingerprint density at radius 3 is 2.60 bits per heavy atom. The number of ether oxygens (including phenoxy) is 1. The van der Waals surface area contributed by atoms with Gasteiger partial charge in [-0.2, -0.15) is 0 Å². The summed E-state index contributed by atoms with van der Waals surface area (Å²) >= 11 is 3.67. The van der Waals surface area contributed by atoms with E-state index in [1.165, 1.54) is 0 Å². The Bertz CT molecular complexity index is 323. The van der Waals surface area contributed by atoms with Gasteiger partial charge >= 0.3 is 0 Å². The third-order valence-electron chi connectivity index (χ3n) is 2.20. The summed E-state index contributed by atoms with van der Waals surface area (Å²) in [6, 6.07) is 0. The highest BCUT2D eigenvalue weighted by molar-refractivity contribution is 9.09. The van der Waals surface area contributed by atoms with Gasteiger partial charge in [0.05, 0.1) is 19.0 Å². The minimum atomic E-state index is 0.213. The maximum Gasteiger partial charge on any atom is 0.232 e. The summed E-state index contributed by atoms with van der Waals surface area (Å²) in [6.07, 6.45) is 4.25. The predicted octanol–water partition coefficient (Wildman–Crippen LogP) is 2.84. The number of alkyl halides is 1. The molecule has 0 radical (unpaired) electrons. The zero-order chi connectivity index (χ0) is 11.5. The zero-order valence-corrected chi connectivity index (χ0v) is 11.2. The normalized spacial score (nSPS) is 13.7. The predicted molar refractivity (Wildman–Crippen MR) is 64.5 cm³/mol. The van der Waals surface area contributed by atoms with Crippen molar-refractivity contribution in [2.24, 2.45) is 5.41 Å². The van der Waals surface area contributed by atoms with Crippen molar-refractivity contribution in [1.29, 1.82) is 0 Å². The molecule has 15 heavy (non-hydrogen) atoms. The van der Waals surface area contributed by atoms with E-state index in [0.717, 1.165) is 12.1 Å². The fourth-order valence-corrected chi connectivity index (χ4v) is 1.40. The van der Waals surface area contributed by atoms with Gasteiger partial charge in [-0.25, -0.2) is 4.98 Å². The van der Waals surface area contributed by atoms with Crippen LogP contribution in [-0.2, 0) is 6.42 Å². The van der Waals surface area contributed by atoms with Crippen molar-refractivity contribution in [2.75, 3.05) is 7.11 Å². The van der Waals surface area contributed by atoms with Crippen LogP contribution < -0.4 is 4.74 Å². The van der Waals surface area contributed by atoms with Crippen LogP contribution in [0.25, 0.3) is 0 Å². The summed E-state index contributed by atoms with van der Waals surface area (Å²) in [5.41, 5.74) is 1.16. The van der Waals surface area contributed by atoms with E-state index < -0.39 is 0 Å². The molecule has 0 aliphatic rings. The third kappa shape index (κ3) is 3.78. The van der Waals surface area contributed by atoms with Crippen LogP contribution in [0.4, 0.5) is 0 Å². The second-order valence-corrected chi connectivity index (χ2v) is 5.70. The standard InChI is InChI=1S/C11H17BrN2O/c1-11(2,3)9(12)5-8-6-13-7-10(14-8)15-4/h6-7,9H,5H2,1-4H3. The topological polar surface area (TPSA) is 35.0 Å². The molecule has 0 saturated carbocycles. The van der Waals surface area contributed by atoms with Gasteiger partial charge in [0.25, 0.3) is 0 Å². The van der Waals surface area contributed by atoms with Crippen LogP contribution in [0.1, 0.15) is 26.5 Å². The average molecular weight is 273 g/mol. The number of hydrogen-bond acceptors (Lipinski definition) is 3. The molecule has 84 valence electrons. The molecule has 0 aliphatic carbocycles. The van der Waals surface area contributed by atoms with Crippen molar-refractivity contribution in [3.63, 3.8) is 0 Å². The van der Waals surface area contributed by atoms with Crippen molar-refractivity contribution in [1.82, 2.24) is 9.97 Å². The van der Waals surface area contributed by atoms with E-state index in [1.54, 1.807) is 19.5 Å². The monoisotopic (exact) mass is 272 g/mol. The Kier molecular flexibility index (Phi) is 4.08. The van der Waals surface area contributed by atoms with Gasteiger partial charge in [-0.3, -0.25) is 4.98 Å². The van der Waals surface area contributed by atoms with Gasteiger partial charge in [-0.1, -0.05) is 36.7 Å². The minimum absolute atomic E-state index is 0.213. The van der Waals surface area contributed by atoms with Crippen LogP contribution in [0.15, 0.2) is 12.4 Å². The lowest BCUT2D eigenvalue weighted by atomic mass is 9.90. The Morgan fingerprint density at radius 2 is 2.07 bits per heavy atom.